The Balaban J connectivity index is 1.77. The summed E-state index contributed by atoms with van der Waals surface area (Å²) >= 11 is 0. The summed E-state index contributed by atoms with van der Waals surface area (Å²) in [5, 5.41) is 7.12. The molecule has 6 heteroatoms. The largest absolute Gasteiger partial charge is 0.369 e. The number of azo groups is 1. The van der Waals surface area contributed by atoms with E-state index in [1.807, 2.05) is 0 Å². The minimum atomic E-state index is -0.651. The fourth-order valence-corrected chi connectivity index (χ4v) is 2.29. The first-order valence-corrected chi connectivity index (χ1v) is 6.63. The lowest BCUT2D eigenvalue weighted by Gasteiger charge is -2.32. The van der Waals surface area contributed by atoms with Crippen LogP contribution in [0.2, 0.25) is 0 Å². The highest BCUT2D eigenvalue weighted by atomic mass is 16.5. The summed E-state index contributed by atoms with van der Waals surface area (Å²) in [6.45, 7) is 2.33. The number of hydrogen-bond acceptors (Lipinski definition) is 4. The molecule has 2 heterocycles. The van der Waals surface area contributed by atoms with Crippen molar-refractivity contribution in [2.24, 2.45) is 16.1 Å². The quantitative estimate of drug-likeness (QED) is 0.562. The number of rotatable bonds is 4. The normalized spacial score (nSPS) is 22.9. The molecule has 0 aromatic rings. The van der Waals surface area contributed by atoms with Crippen LogP contribution in [0.25, 0.3) is 0 Å². The van der Waals surface area contributed by atoms with Gasteiger partial charge in [-0.3, -0.25) is 9.59 Å². The minimum absolute atomic E-state index is 0.0968. The molecule has 0 aromatic carbocycles. The lowest BCUT2D eigenvalue weighted by Crippen LogP contribution is -2.43. The lowest BCUT2D eigenvalue weighted by molar-refractivity contribution is -0.133. The van der Waals surface area contributed by atoms with Gasteiger partial charge in [0.15, 0.2) is 6.04 Å². The first-order chi connectivity index (χ1) is 9.70. The topological polar surface area (TPSA) is 71.3 Å². The van der Waals surface area contributed by atoms with Gasteiger partial charge < -0.3 is 9.64 Å². The number of terminal acetylenes is 1. The number of nitrogens with zero attached hydrogens (tertiary/aromatic N) is 3. The van der Waals surface area contributed by atoms with E-state index in [1.54, 1.807) is 4.90 Å². The molecule has 2 amide bonds. The summed E-state index contributed by atoms with van der Waals surface area (Å²) < 4.78 is 5.32. The second-order valence-electron chi connectivity index (χ2n) is 4.85. The van der Waals surface area contributed by atoms with Crippen molar-refractivity contribution in [2.75, 3.05) is 26.3 Å². The third-order valence-corrected chi connectivity index (χ3v) is 3.42. The second-order valence-corrected chi connectivity index (χ2v) is 4.85. The van der Waals surface area contributed by atoms with Crippen molar-refractivity contribution < 1.29 is 14.3 Å². The molecule has 2 rings (SSSR count). The van der Waals surface area contributed by atoms with Gasteiger partial charge in [-0.25, -0.2) is 0 Å². The van der Waals surface area contributed by atoms with Gasteiger partial charge in [0.2, 0.25) is 0 Å². The summed E-state index contributed by atoms with van der Waals surface area (Å²) in [6.07, 6.45) is 9.69. The van der Waals surface area contributed by atoms with E-state index in [0.29, 0.717) is 32.2 Å². The third kappa shape index (κ3) is 3.75. The van der Waals surface area contributed by atoms with Crippen LogP contribution in [0.15, 0.2) is 22.4 Å². The van der Waals surface area contributed by atoms with Crippen molar-refractivity contribution in [3.05, 3.63) is 12.2 Å². The molecule has 0 bridgehead atoms. The Morgan fingerprint density at radius 3 is 2.85 bits per heavy atom. The molecule has 1 fully saturated rings. The van der Waals surface area contributed by atoms with Crippen LogP contribution in [-0.4, -0.2) is 49.1 Å². The Kier molecular flexibility index (Phi) is 5.02. The highest BCUT2D eigenvalue weighted by Gasteiger charge is 2.28. The van der Waals surface area contributed by atoms with Crippen LogP contribution < -0.4 is 0 Å². The van der Waals surface area contributed by atoms with Crippen LogP contribution in [0.3, 0.4) is 0 Å². The summed E-state index contributed by atoms with van der Waals surface area (Å²) in [5.74, 6) is 2.36. The Hall–Kier alpha value is -2.00. The summed E-state index contributed by atoms with van der Waals surface area (Å²) in [6, 6.07) is -0.651. The van der Waals surface area contributed by atoms with E-state index in [0.717, 1.165) is 12.8 Å². The molecule has 0 aromatic heterocycles. The summed E-state index contributed by atoms with van der Waals surface area (Å²) in [4.78, 5) is 24.8. The fraction of sp³-hybridized carbons (Fsp3) is 0.571. The molecule has 0 spiro atoms. The monoisotopic (exact) mass is 275 g/mol. The zero-order chi connectivity index (χ0) is 14.4. The first-order valence-electron chi connectivity index (χ1n) is 6.63. The molecule has 1 saturated heterocycles. The maximum Gasteiger partial charge on any atom is 0.287 e. The molecule has 2 aliphatic rings. The number of carbonyl (C=O) groups is 2. The van der Waals surface area contributed by atoms with Gasteiger partial charge in [0.25, 0.3) is 11.8 Å². The van der Waals surface area contributed by atoms with Gasteiger partial charge in [-0.15, -0.1) is 11.5 Å². The molecule has 0 radical (unpaired) electrons. The van der Waals surface area contributed by atoms with Gasteiger partial charge in [0.05, 0.1) is 6.61 Å². The minimum Gasteiger partial charge on any atom is -0.369 e. The summed E-state index contributed by atoms with van der Waals surface area (Å²) in [5.41, 5.74) is 0. The summed E-state index contributed by atoms with van der Waals surface area (Å²) in [7, 11) is 0. The van der Waals surface area contributed by atoms with Crippen molar-refractivity contribution in [1.82, 2.24) is 4.90 Å². The van der Waals surface area contributed by atoms with E-state index in [-0.39, 0.29) is 5.91 Å². The van der Waals surface area contributed by atoms with Gasteiger partial charge in [-0.2, -0.15) is 5.11 Å². The Labute approximate surface area is 117 Å². The van der Waals surface area contributed by atoms with E-state index in [1.165, 1.54) is 12.2 Å². The molecule has 106 valence electrons. The van der Waals surface area contributed by atoms with E-state index in [9.17, 15) is 9.59 Å². The first kappa shape index (κ1) is 14.4. The van der Waals surface area contributed by atoms with E-state index < -0.39 is 11.9 Å². The molecular weight excluding hydrogens is 258 g/mol. The predicted octanol–water partition coefficient (Wildman–Crippen LogP) is 0.792. The molecule has 0 N–H and O–H groups in total. The SMILES string of the molecule is C#CCOCC1CCN(C(=O)C2C=CC(=O)N=N2)CC1. The number of likely N-dealkylation sites (tertiary alicyclic amines) is 1. The fourth-order valence-electron chi connectivity index (χ4n) is 2.29. The number of ether oxygens (including phenoxy) is 1. The molecule has 0 aliphatic carbocycles. The standard InChI is InChI=1S/C14H17N3O3/c1-2-9-20-10-11-5-7-17(8-6-11)14(19)12-3-4-13(18)16-15-12/h1,3-4,11-12H,5-10H2. The number of amides is 2. The van der Waals surface area contributed by atoms with Crippen LogP contribution in [0, 0.1) is 18.3 Å². The zero-order valence-corrected chi connectivity index (χ0v) is 11.2. The van der Waals surface area contributed by atoms with Crippen LogP contribution in [-0.2, 0) is 14.3 Å². The van der Waals surface area contributed by atoms with E-state index >= 15 is 0 Å². The molecular formula is C14H17N3O3. The highest BCUT2D eigenvalue weighted by Crippen LogP contribution is 2.19. The molecule has 2 aliphatic heterocycles. The lowest BCUT2D eigenvalue weighted by atomic mass is 9.97. The zero-order valence-electron chi connectivity index (χ0n) is 11.2. The van der Waals surface area contributed by atoms with Crippen LogP contribution in [0.5, 0.6) is 0 Å². The molecule has 1 unspecified atom stereocenters. The average molecular weight is 275 g/mol. The molecule has 1 atom stereocenters. The van der Waals surface area contributed by atoms with Gasteiger partial charge in [-0.1, -0.05) is 5.92 Å². The van der Waals surface area contributed by atoms with Gasteiger partial charge in [-0.05, 0) is 24.8 Å². The predicted molar refractivity (Wildman–Crippen MR) is 71.7 cm³/mol. The van der Waals surface area contributed by atoms with Crippen molar-refractivity contribution >= 4 is 11.8 Å². The van der Waals surface area contributed by atoms with Gasteiger partial charge in [0.1, 0.15) is 6.61 Å². The van der Waals surface area contributed by atoms with Crippen molar-refractivity contribution in [2.45, 2.75) is 18.9 Å². The van der Waals surface area contributed by atoms with E-state index in [4.69, 9.17) is 11.2 Å². The maximum atomic E-state index is 12.2. The molecule has 20 heavy (non-hydrogen) atoms. The Bertz CT molecular complexity index is 455. The van der Waals surface area contributed by atoms with Crippen LogP contribution in [0.4, 0.5) is 0 Å². The number of hydrogen-bond donors (Lipinski definition) is 0. The third-order valence-electron chi connectivity index (χ3n) is 3.42. The van der Waals surface area contributed by atoms with Crippen molar-refractivity contribution in [1.29, 1.82) is 0 Å². The van der Waals surface area contributed by atoms with Crippen molar-refractivity contribution in [3.8, 4) is 12.3 Å². The number of piperidine rings is 1. The highest BCUT2D eigenvalue weighted by molar-refractivity contribution is 5.92. The number of carbonyl (C=O) groups excluding carboxylic acids is 2. The van der Waals surface area contributed by atoms with Crippen molar-refractivity contribution in [3.63, 3.8) is 0 Å². The van der Waals surface area contributed by atoms with Crippen LogP contribution in [0.1, 0.15) is 12.8 Å². The van der Waals surface area contributed by atoms with Crippen LogP contribution >= 0.6 is 0 Å². The Morgan fingerprint density at radius 1 is 1.50 bits per heavy atom. The second kappa shape index (κ2) is 6.96. The van der Waals surface area contributed by atoms with E-state index in [2.05, 4.69) is 16.1 Å². The van der Waals surface area contributed by atoms with Gasteiger partial charge >= 0.3 is 0 Å². The smallest absolute Gasteiger partial charge is 0.287 e. The Morgan fingerprint density at radius 2 is 2.25 bits per heavy atom. The van der Waals surface area contributed by atoms with Gasteiger partial charge in [0, 0.05) is 19.2 Å². The molecule has 6 nitrogen and oxygen atoms in total. The average Bonchev–Trinajstić information content (AvgIpc) is 2.48. The maximum absolute atomic E-state index is 12.2. The molecule has 0 saturated carbocycles.